The SMILES string of the molecule is C[C@@H]1CN(C(=O)[C@@H]2CCCN(C(=O)c3ccc(Cl)cc3)C2)C[C@H](C)O1. The fraction of sp³-hybridized carbons (Fsp3) is 0.579. The first-order valence-corrected chi connectivity index (χ1v) is 9.31. The van der Waals surface area contributed by atoms with Crippen LogP contribution in [0.5, 0.6) is 0 Å². The molecule has 25 heavy (non-hydrogen) atoms. The summed E-state index contributed by atoms with van der Waals surface area (Å²) in [4.78, 5) is 29.3. The Morgan fingerprint density at radius 2 is 1.68 bits per heavy atom. The van der Waals surface area contributed by atoms with Crippen LogP contribution in [-0.2, 0) is 9.53 Å². The minimum absolute atomic E-state index is 0.0297. The molecule has 2 saturated heterocycles. The van der Waals surface area contributed by atoms with Gasteiger partial charge in [0, 0.05) is 36.8 Å². The number of ether oxygens (including phenoxy) is 1. The molecule has 3 atom stereocenters. The third kappa shape index (κ3) is 4.33. The van der Waals surface area contributed by atoms with E-state index in [1.165, 1.54) is 0 Å². The highest BCUT2D eigenvalue weighted by Gasteiger charge is 2.34. The summed E-state index contributed by atoms with van der Waals surface area (Å²) in [5.74, 6) is -0.00372. The number of nitrogens with zero attached hydrogens (tertiary/aromatic N) is 2. The van der Waals surface area contributed by atoms with E-state index in [9.17, 15) is 9.59 Å². The van der Waals surface area contributed by atoms with Crippen LogP contribution < -0.4 is 0 Å². The Bertz CT molecular complexity index is 624. The average molecular weight is 365 g/mol. The number of carbonyl (C=O) groups is 2. The van der Waals surface area contributed by atoms with Crippen molar-refractivity contribution in [3.05, 3.63) is 34.9 Å². The Morgan fingerprint density at radius 3 is 2.32 bits per heavy atom. The van der Waals surface area contributed by atoms with E-state index in [0.29, 0.717) is 36.8 Å². The van der Waals surface area contributed by atoms with Gasteiger partial charge in [-0.1, -0.05) is 11.6 Å². The summed E-state index contributed by atoms with van der Waals surface area (Å²) in [6.07, 6.45) is 1.81. The van der Waals surface area contributed by atoms with E-state index in [4.69, 9.17) is 16.3 Å². The van der Waals surface area contributed by atoms with E-state index in [-0.39, 0.29) is 29.9 Å². The van der Waals surface area contributed by atoms with Crippen molar-refractivity contribution in [3.8, 4) is 0 Å². The normalized spacial score (nSPS) is 27.2. The third-order valence-corrected chi connectivity index (χ3v) is 5.13. The Labute approximate surface area is 153 Å². The van der Waals surface area contributed by atoms with Crippen molar-refractivity contribution in [2.24, 2.45) is 5.92 Å². The molecular weight excluding hydrogens is 340 g/mol. The van der Waals surface area contributed by atoms with Gasteiger partial charge in [-0.05, 0) is 51.0 Å². The molecule has 2 aliphatic heterocycles. The number of hydrogen-bond acceptors (Lipinski definition) is 3. The fourth-order valence-corrected chi connectivity index (χ4v) is 3.88. The van der Waals surface area contributed by atoms with Gasteiger partial charge in [0.05, 0.1) is 18.1 Å². The van der Waals surface area contributed by atoms with Crippen molar-refractivity contribution in [1.82, 2.24) is 9.80 Å². The first-order chi connectivity index (χ1) is 11.9. The third-order valence-electron chi connectivity index (χ3n) is 4.88. The molecule has 1 aromatic carbocycles. The van der Waals surface area contributed by atoms with Crippen LogP contribution in [0, 0.1) is 5.92 Å². The summed E-state index contributed by atoms with van der Waals surface area (Å²) < 4.78 is 5.71. The Hall–Kier alpha value is -1.59. The molecule has 2 fully saturated rings. The standard InChI is InChI=1S/C19H25ClN2O3/c1-13-10-22(11-14(2)25-13)19(24)16-4-3-9-21(12-16)18(23)15-5-7-17(20)8-6-15/h5-8,13-14,16H,3-4,9-12H2,1-2H3/t13-,14+,16-/m1/s1. The molecule has 1 aromatic rings. The highest BCUT2D eigenvalue weighted by molar-refractivity contribution is 6.30. The van der Waals surface area contributed by atoms with E-state index in [0.717, 1.165) is 12.8 Å². The molecular formula is C19H25ClN2O3. The summed E-state index contributed by atoms with van der Waals surface area (Å²) in [7, 11) is 0. The zero-order chi connectivity index (χ0) is 18.0. The van der Waals surface area contributed by atoms with E-state index >= 15 is 0 Å². The van der Waals surface area contributed by atoms with Crippen molar-refractivity contribution >= 4 is 23.4 Å². The first kappa shape index (κ1) is 18.2. The van der Waals surface area contributed by atoms with E-state index in [2.05, 4.69) is 0 Å². The number of hydrogen-bond donors (Lipinski definition) is 0. The highest BCUT2D eigenvalue weighted by atomic mass is 35.5. The predicted molar refractivity (Wildman–Crippen MR) is 96.7 cm³/mol. The molecule has 0 radical (unpaired) electrons. The molecule has 0 aliphatic carbocycles. The molecule has 0 unspecified atom stereocenters. The number of likely N-dealkylation sites (tertiary alicyclic amines) is 1. The van der Waals surface area contributed by atoms with E-state index in [1.54, 1.807) is 29.2 Å². The lowest BCUT2D eigenvalue weighted by Crippen LogP contribution is -2.53. The van der Waals surface area contributed by atoms with Gasteiger partial charge in [0.25, 0.3) is 5.91 Å². The van der Waals surface area contributed by atoms with Crippen LogP contribution in [0.25, 0.3) is 0 Å². The number of piperidine rings is 1. The van der Waals surface area contributed by atoms with Crippen LogP contribution in [0.15, 0.2) is 24.3 Å². The van der Waals surface area contributed by atoms with E-state index < -0.39 is 0 Å². The van der Waals surface area contributed by atoms with Crippen LogP contribution in [-0.4, -0.2) is 60.0 Å². The number of amides is 2. The molecule has 5 nitrogen and oxygen atoms in total. The summed E-state index contributed by atoms with van der Waals surface area (Å²) in [5, 5.41) is 0.610. The fourth-order valence-electron chi connectivity index (χ4n) is 3.75. The van der Waals surface area contributed by atoms with Gasteiger partial charge in [-0.25, -0.2) is 0 Å². The van der Waals surface area contributed by atoms with Gasteiger partial charge in [-0.3, -0.25) is 9.59 Å². The van der Waals surface area contributed by atoms with Gasteiger partial charge in [0.15, 0.2) is 0 Å². The number of benzene rings is 1. The van der Waals surface area contributed by atoms with Crippen molar-refractivity contribution in [2.45, 2.75) is 38.9 Å². The monoisotopic (exact) mass is 364 g/mol. The van der Waals surface area contributed by atoms with Crippen molar-refractivity contribution in [1.29, 1.82) is 0 Å². The lowest BCUT2D eigenvalue weighted by molar-refractivity contribution is -0.148. The van der Waals surface area contributed by atoms with Gasteiger partial charge in [-0.15, -0.1) is 0 Å². The minimum Gasteiger partial charge on any atom is -0.372 e. The smallest absolute Gasteiger partial charge is 0.253 e. The van der Waals surface area contributed by atoms with Gasteiger partial charge in [0.1, 0.15) is 0 Å². The molecule has 136 valence electrons. The number of morpholine rings is 1. The summed E-state index contributed by atoms with van der Waals surface area (Å²) >= 11 is 5.89. The maximum atomic E-state index is 12.9. The highest BCUT2D eigenvalue weighted by Crippen LogP contribution is 2.23. The lowest BCUT2D eigenvalue weighted by Gasteiger charge is -2.39. The van der Waals surface area contributed by atoms with Gasteiger partial charge in [-0.2, -0.15) is 0 Å². The Morgan fingerprint density at radius 1 is 1.04 bits per heavy atom. The van der Waals surface area contributed by atoms with Gasteiger partial charge >= 0.3 is 0 Å². The maximum Gasteiger partial charge on any atom is 0.253 e. The van der Waals surface area contributed by atoms with Gasteiger partial charge < -0.3 is 14.5 Å². The number of rotatable bonds is 2. The summed E-state index contributed by atoms with van der Waals surface area (Å²) in [6, 6.07) is 6.92. The zero-order valence-corrected chi connectivity index (χ0v) is 15.5. The average Bonchev–Trinajstić information content (AvgIpc) is 2.60. The molecule has 0 saturated carbocycles. The summed E-state index contributed by atoms with van der Waals surface area (Å²) in [5.41, 5.74) is 0.617. The number of carbonyl (C=O) groups excluding carboxylic acids is 2. The second-order valence-electron chi connectivity index (χ2n) is 7.10. The Balaban J connectivity index is 1.65. The molecule has 0 N–H and O–H groups in total. The zero-order valence-electron chi connectivity index (χ0n) is 14.8. The van der Waals surface area contributed by atoms with Crippen LogP contribution in [0.1, 0.15) is 37.0 Å². The molecule has 0 aromatic heterocycles. The molecule has 3 rings (SSSR count). The van der Waals surface area contributed by atoms with Crippen molar-refractivity contribution in [3.63, 3.8) is 0 Å². The predicted octanol–water partition coefficient (Wildman–Crippen LogP) is 2.83. The van der Waals surface area contributed by atoms with Crippen LogP contribution in [0.2, 0.25) is 5.02 Å². The van der Waals surface area contributed by atoms with Crippen molar-refractivity contribution < 1.29 is 14.3 Å². The molecule has 2 heterocycles. The van der Waals surface area contributed by atoms with Gasteiger partial charge in [0.2, 0.25) is 5.91 Å². The summed E-state index contributed by atoms with van der Waals surface area (Å²) in [6.45, 7) is 6.43. The first-order valence-electron chi connectivity index (χ1n) is 8.93. The lowest BCUT2D eigenvalue weighted by atomic mass is 9.95. The molecule has 2 aliphatic rings. The van der Waals surface area contributed by atoms with Crippen molar-refractivity contribution in [2.75, 3.05) is 26.2 Å². The van der Waals surface area contributed by atoms with E-state index in [1.807, 2.05) is 18.7 Å². The largest absolute Gasteiger partial charge is 0.372 e. The molecule has 0 spiro atoms. The van der Waals surface area contributed by atoms with Crippen LogP contribution >= 0.6 is 11.6 Å². The topological polar surface area (TPSA) is 49.9 Å². The molecule has 2 amide bonds. The number of halogens is 1. The second kappa shape index (κ2) is 7.75. The second-order valence-corrected chi connectivity index (χ2v) is 7.53. The Kier molecular flexibility index (Phi) is 5.64. The molecule has 0 bridgehead atoms. The van der Waals surface area contributed by atoms with Crippen LogP contribution in [0.3, 0.4) is 0 Å². The quantitative estimate of drug-likeness (QED) is 0.810. The molecule has 6 heteroatoms. The maximum absolute atomic E-state index is 12.9. The van der Waals surface area contributed by atoms with Crippen LogP contribution in [0.4, 0.5) is 0 Å². The minimum atomic E-state index is -0.123.